The summed E-state index contributed by atoms with van der Waals surface area (Å²) in [5, 5.41) is 6.06. The predicted octanol–water partition coefficient (Wildman–Crippen LogP) is 3.51. The van der Waals surface area contributed by atoms with Gasteiger partial charge in [-0.2, -0.15) is 0 Å². The number of aromatic nitrogens is 1. The van der Waals surface area contributed by atoms with Gasteiger partial charge in [0.2, 0.25) is 5.56 Å². The Morgan fingerprint density at radius 2 is 1.83 bits per heavy atom. The summed E-state index contributed by atoms with van der Waals surface area (Å²) < 4.78 is 43.1. The number of aliphatic imine (C=N–C) groups is 1. The van der Waals surface area contributed by atoms with Crippen LogP contribution in [0.25, 0.3) is 0 Å². The molecule has 0 fully saturated rings. The number of nitrogens with zero attached hydrogens (tertiary/aromatic N) is 2. The van der Waals surface area contributed by atoms with Crippen LogP contribution in [0.15, 0.2) is 58.4 Å². The third kappa shape index (κ3) is 9.20. The van der Waals surface area contributed by atoms with Crippen molar-refractivity contribution in [2.75, 3.05) is 13.6 Å². The number of pyridine rings is 1. The molecule has 10 heteroatoms. The summed E-state index contributed by atoms with van der Waals surface area (Å²) in [7, 11) is 1.58. The van der Waals surface area contributed by atoms with Crippen LogP contribution in [0.4, 0.5) is 13.2 Å². The first-order valence-corrected chi connectivity index (χ1v) is 8.82. The zero-order valence-corrected chi connectivity index (χ0v) is 18.2. The molecule has 0 atom stereocenters. The number of halogens is 4. The number of ether oxygens (including phenoxy) is 1. The van der Waals surface area contributed by atoms with E-state index in [1.165, 1.54) is 18.2 Å². The highest BCUT2D eigenvalue weighted by Crippen LogP contribution is 2.25. The first-order valence-electron chi connectivity index (χ1n) is 8.82. The molecule has 1 heterocycles. The molecule has 0 spiro atoms. The summed E-state index contributed by atoms with van der Waals surface area (Å²) in [6.07, 6.45) is -1.39. The molecule has 160 valence electrons. The van der Waals surface area contributed by atoms with Crippen LogP contribution >= 0.6 is 24.0 Å². The minimum Gasteiger partial charge on any atom is -0.405 e. The third-order valence-electron chi connectivity index (χ3n) is 3.89. The zero-order chi connectivity index (χ0) is 20.4. The van der Waals surface area contributed by atoms with Crippen molar-refractivity contribution in [2.45, 2.75) is 32.3 Å². The van der Waals surface area contributed by atoms with E-state index in [9.17, 15) is 18.0 Å². The summed E-state index contributed by atoms with van der Waals surface area (Å²) in [5.41, 5.74) is 0.332. The van der Waals surface area contributed by atoms with Gasteiger partial charge < -0.3 is 19.9 Å². The van der Waals surface area contributed by atoms with E-state index < -0.39 is 6.36 Å². The van der Waals surface area contributed by atoms with E-state index in [1.807, 2.05) is 6.07 Å². The summed E-state index contributed by atoms with van der Waals surface area (Å²) in [6, 6.07) is 11.0. The van der Waals surface area contributed by atoms with Crippen LogP contribution in [-0.2, 0) is 13.1 Å². The number of hydrogen-bond donors (Lipinski definition) is 2. The van der Waals surface area contributed by atoms with E-state index in [-0.39, 0.29) is 41.8 Å². The SMILES string of the molecule is CN=C(NCCCCn1ccccc1=O)NCc1ccccc1OC(F)(F)F.I. The van der Waals surface area contributed by atoms with Crippen LogP contribution in [0.2, 0.25) is 0 Å². The summed E-state index contributed by atoms with van der Waals surface area (Å²) >= 11 is 0. The second-order valence-corrected chi connectivity index (χ2v) is 5.95. The Hall–Kier alpha value is -2.24. The van der Waals surface area contributed by atoms with Crippen molar-refractivity contribution < 1.29 is 17.9 Å². The van der Waals surface area contributed by atoms with E-state index in [4.69, 9.17) is 0 Å². The molecule has 0 bridgehead atoms. The molecule has 1 aromatic heterocycles. The first-order chi connectivity index (χ1) is 13.4. The van der Waals surface area contributed by atoms with Gasteiger partial charge in [-0.3, -0.25) is 9.79 Å². The molecule has 0 aliphatic rings. The van der Waals surface area contributed by atoms with Crippen LogP contribution in [0.3, 0.4) is 0 Å². The molecule has 2 rings (SSSR count). The molecule has 0 saturated heterocycles. The second-order valence-electron chi connectivity index (χ2n) is 5.95. The van der Waals surface area contributed by atoms with Gasteiger partial charge in [0.25, 0.3) is 0 Å². The van der Waals surface area contributed by atoms with Gasteiger partial charge in [0, 0.05) is 44.5 Å². The van der Waals surface area contributed by atoms with Crippen molar-refractivity contribution in [3.05, 3.63) is 64.6 Å². The highest BCUT2D eigenvalue weighted by Gasteiger charge is 2.31. The fourth-order valence-corrected chi connectivity index (χ4v) is 2.53. The normalized spacial score (nSPS) is 11.5. The fourth-order valence-electron chi connectivity index (χ4n) is 2.53. The van der Waals surface area contributed by atoms with Crippen molar-refractivity contribution in [1.82, 2.24) is 15.2 Å². The Bertz CT molecular complexity index is 840. The number of unbranched alkanes of at least 4 members (excludes halogenated alkanes) is 1. The Morgan fingerprint density at radius 3 is 2.52 bits per heavy atom. The lowest BCUT2D eigenvalue weighted by Crippen LogP contribution is -2.37. The fraction of sp³-hybridized carbons (Fsp3) is 0.368. The molecule has 1 aromatic carbocycles. The standard InChI is InChI=1S/C19H23F3N4O2.HI/c1-23-18(24-11-5-7-13-26-12-6-4-10-17(26)27)25-14-15-8-2-3-9-16(15)28-19(20,21)22;/h2-4,6,8-10,12H,5,7,11,13-14H2,1H3,(H2,23,24,25);1H. The maximum absolute atomic E-state index is 12.5. The molecule has 0 aliphatic heterocycles. The third-order valence-corrected chi connectivity index (χ3v) is 3.89. The van der Waals surface area contributed by atoms with Gasteiger partial charge >= 0.3 is 6.36 Å². The molecule has 29 heavy (non-hydrogen) atoms. The highest BCUT2D eigenvalue weighted by atomic mass is 127. The van der Waals surface area contributed by atoms with Crippen LogP contribution in [0.5, 0.6) is 5.75 Å². The van der Waals surface area contributed by atoms with Gasteiger partial charge in [0.1, 0.15) is 5.75 Å². The first kappa shape index (κ1) is 24.8. The average molecular weight is 524 g/mol. The lowest BCUT2D eigenvalue weighted by molar-refractivity contribution is -0.274. The van der Waals surface area contributed by atoms with Crippen molar-refractivity contribution in [3.63, 3.8) is 0 Å². The summed E-state index contributed by atoms with van der Waals surface area (Å²) in [6.45, 7) is 1.36. The molecule has 2 N–H and O–H groups in total. The van der Waals surface area contributed by atoms with E-state index in [0.29, 0.717) is 24.6 Å². The minimum absolute atomic E-state index is 0. The molecular formula is C19H24F3IN4O2. The Kier molecular flexibility index (Phi) is 10.6. The van der Waals surface area contributed by atoms with Gasteiger partial charge in [0.15, 0.2) is 5.96 Å². The van der Waals surface area contributed by atoms with Gasteiger partial charge in [-0.15, -0.1) is 37.1 Å². The van der Waals surface area contributed by atoms with Crippen LogP contribution in [0, 0.1) is 0 Å². The molecular weight excluding hydrogens is 500 g/mol. The second kappa shape index (κ2) is 12.3. The van der Waals surface area contributed by atoms with Gasteiger partial charge in [-0.1, -0.05) is 24.3 Å². The minimum atomic E-state index is -4.74. The summed E-state index contributed by atoms with van der Waals surface area (Å²) in [5.74, 6) is 0.227. The highest BCUT2D eigenvalue weighted by molar-refractivity contribution is 14.0. The maximum Gasteiger partial charge on any atom is 0.573 e. The molecule has 2 aromatic rings. The topological polar surface area (TPSA) is 67.7 Å². The van der Waals surface area contributed by atoms with Crippen molar-refractivity contribution >= 4 is 29.9 Å². The smallest absolute Gasteiger partial charge is 0.405 e. The molecule has 0 radical (unpaired) electrons. The number of rotatable bonds is 8. The molecule has 0 unspecified atom stereocenters. The molecule has 6 nitrogen and oxygen atoms in total. The number of nitrogens with one attached hydrogen (secondary N) is 2. The molecule has 0 aliphatic carbocycles. The summed E-state index contributed by atoms with van der Waals surface area (Å²) in [4.78, 5) is 15.7. The zero-order valence-electron chi connectivity index (χ0n) is 15.9. The van der Waals surface area contributed by atoms with Crippen LogP contribution < -0.4 is 20.9 Å². The largest absolute Gasteiger partial charge is 0.573 e. The van der Waals surface area contributed by atoms with Crippen molar-refractivity contribution in [1.29, 1.82) is 0 Å². The number of benzene rings is 1. The average Bonchev–Trinajstić information content (AvgIpc) is 2.65. The monoisotopic (exact) mass is 524 g/mol. The quantitative estimate of drug-likeness (QED) is 0.240. The van der Waals surface area contributed by atoms with Crippen LogP contribution in [0.1, 0.15) is 18.4 Å². The van der Waals surface area contributed by atoms with Gasteiger partial charge in [0.05, 0.1) is 0 Å². The maximum atomic E-state index is 12.5. The number of guanidine groups is 1. The number of aryl methyl sites for hydroxylation is 1. The molecule has 0 amide bonds. The van der Waals surface area contributed by atoms with E-state index in [2.05, 4.69) is 20.4 Å². The number of hydrogen-bond acceptors (Lipinski definition) is 3. The van der Waals surface area contributed by atoms with E-state index >= 15 is 0 Å². The number of para-hydroxylation sites is 1. The van der Waals surface area contributed by atoms with Gasteiger partial charge in [-0.25, -0.2) is 0 Å². The predicted molar refractivity (Wildman–Crippen MR) is 117 cm³/mol. The molecule has 0 saturated carbocycles. The van der Waals surface area contributed by atoms with Crippen molar-refractivity contribution in [3.8, 4) is 5.75 Å². The number of alkyl halides is 3. The lowest BCUT2D eigenvalue weighted by Gasteiger charge is -2.15. The Morgan fingerprint density at radius 1 is 1.10 bits per heavy atom. The lowest BCUT2D eigenvalue weighted by atomic mass is 10.2. The van der Waals surface area contributed by atoms with Crippen molar-refractivity contribution in [2.24, 2.45) is 4.99 Å². The van der Waals surface area contributed by atoms with Gasteiger partial charge in [-0.05, 0) is 25.0 Å². The Labute approximate surface area is 184 Å². The van der Waals surface area contributed by atoms with Crippen LogP contribution in [-0.4, -0.2) is 30.5 Å². The van der Waals surface area contributed by atoms with E-state index in [1.54, 1.807) is 36.0 Å². The van der Waals surface area contributed by atoms with E-state index in [0.717, 1.165) is 12.8 Å². The Balaban J connectivity index is 0.00000420.